The van der Waals surface area contributed by atoms with E-state index in [0.29, 0.717) is 37.5 Å². The molecule has 1 aromatic rings. The number of carbonyl (C=O) groups excluding carboxylic acids is 1. The minimum absolute atomic E-state index is 0.0482. The number of hydrogen-bond donors (Lipinski definition) is 0. The first-order valence-corrected chi connectivity index (χ1v) is 11.2. The molecule has 26 heavy (non-hydrogen) atoms. The number of amides is 1. The lowest BCUT2D eigenvalue weighted by molar-refractivity contribution is -0.134. The molecule has 0 bridgehead atoms. The van der Waals surface area contributed by atoms with E-state index in [4.69, 9.17) is 11.6 Å². The predicted octanol–water partition coefficient (Wildman–Crippen LogP) is 2.19. The fourth-order valence-corrected chi connectivity index (χ4v) is 5.69. The van der Waals surface area contributed by atoms with Crippen LogP contribution in [0.15, 0.2) is 24.3 Å². The standard InChI is InChI=1S/C18H26ClN3O3S/c1-2-13-26(24,25)22-8-4-7-17(22)18(23)21-11-9-20(10-12-21)16-6-3-5-15(19)14-16/h3,5-6,14,17H,2,4,7-13H2,1H3/t17-/m1/s1. The van der Waals surface area contributed by atoms with Gasteiger partial charge in [0.1, 0.15) is 6.04 Å². The van der Waals surface area contributed by atoms with E-state index in [1.54, 1.807) is 0 Å². The van der Waals surface area contributed by atoms with Crippen molar-refractivity contribution in [3.05, 3.63) is 29.3 Å². The number of halogens is 1. The SMILES string of the molecule is CCCS(=O)(=O)N1CCC[C@@H]1C(=O)N1CCN(c2cccc(Cl)c2)CC1. The highest BCUT2D eigenvalue weighted by Crippen LogP contribution is 2.25. The largest absolute Gasteiger partial charge is 0.368 e. The van der Waals surface area contributed by atoms with E-state index in [0.717, 1.165) is 25.2 Å². The van der Waals surface area contributed by atoms with E-state index >= 15 is 0 Å². The Hall–Kier alpha value is -1.31. The molecule has 2 heterocycles. The van der Waals surface area contributed by atoms with Gasteiger partial charge in [-0.2, -0.15) is 4.31 Å². The molecule has 1 atom stereocenters. The number of carbonyl (C=O) groups is 1. The van der Waals surface area contributed by atoms with E-state index in [-0.39, 0.29) is 11.7 Å². The monoisotopic (exact) mass is 399 g/mol. The molecule has 2 saturated heterocycles. The lowest BCUT2D eigenvalue weighted by atomic mass is 10.1. The average Bonchev–Trinajstić information content (AvgIpc) is 3.12. The van der Waals surface area contributed by atoms with Crippen LogP contribution in [0, 0.1) is 0 Å². The number of hydrogen-bond acceptors (Lipinski definition) is 4. The molecular formula is C18H26ClN3O3S. The van der Waals surface area contributed by atoms with Gasteiger partial charge in [0.05, 0.1) is 5.75 Å². The highest BCUT2D eigenvalue weighted by atomic mass is 35.5. The van der Waals surface area contributed by atoms with E-state index in [1.807, 2.05) is 36.1 Å². The van der Waals surface area contributed by atoms with Gasteiger partial charge in [-0.25, -0.2) is 8.42 Å². The Morgan fingerprint density at radius 3 is 2.58 bits per heavy atom. The molecule has 3 rings (SSSR count). The highest BCUT2D eigenvalue weighted by Gasteiger charge is 2.40. The summed E-state index contributed by atoms with van der Waals surface area (Å²) >= 11 is 6.06. The summed E-state index contributed by atoms with van der Waals surface area (Å²) in [5, 5.41) is 0.698. The van der Waals surface area contributed by atoms with Gasteiger partial charge in [0.25, 0.3) is 0 Å². The first-order chi connectivity index (χ1) is 12.4. The third-order valence-electron chi connectivity index (χ3n) is 5.07. The predicted molar refractivity (Wildman–Crippen MR) is 104 cm³/mol. The summed E-state index contributed by atoms with van der Waals surface area (Å²) in [5.74, 6) is 0.0622. The Morgan fingerprint density at radius 2 is 1.92 bits per heavy atom. The van der Waals surface area contributed by atoms with Crippen molar-refractivity contribution in [3.8, 4) is 0 Å². The van der Waals surface area contributed by atoms with Crippen LogP contribution in [0.1, 0.15) is 26.2 Å². The Kier molecular flexibility index (Phi) is 6.10. The molecule has 144 valence electrons. The molecule has 1 amide bonds. The van der Waals surface area contributed by atoms with Gasteiger partial charge in [-0.15, -0.1) is 0 Å². The molecule has 0 aromatic heterocycles. The molecule has 0 aliphatic carbocycles. The fraction of sp³-hybridized carbons (Fsp3) is 0.611. The molecule has 1 aromatic carbocycles. The molecule has 0 unspecified atom stereocenters. The molecule has 0 saturated carbocycles. The first kappa shape index (κ1) is 19.5. The topological polar surface area (TPSA) is 60.9 Å². The van der Waals surface area contributed by atoms with Crippen molar-refractivity contribution in [3.63, 3.8) is 0 Å². The Bertz CT molecular complexity index is 748. The van der Waals surface area contributed by atoms with Gasteiger partial charge in [-0.3, -0.25) is 4.79 Å². The second kappa shape index (κ2) is 8.15. The Balaban J connectivity index is 1.63. The zero-order valence-corrected chi connectivity index (χ0v) is 16.7. The smallest absolute Gasteiger partial charge is 0.241 e. The minimum Gasteiger partial charge on any atom is -0.368 e. The van der Waals surface area contributed by atoms with Gasteiger partial charge in [0.2, 0.25) is 15.9 Å². The average molecular weight is 400 g/mol. The summed E-state index contributed by atoms with van der Waals surface area (Å²) in [6, 6.07) is 7.18. The second-order valence-electron chi connectivity index (χ2n) is 6.88. The summed E-state index contributed by atoms with van der Waals surface area (Å²) in [5.41, 5.74) is 1.05. The van der Waals surface area contributed by atoms with Gasteiger partial charge in [-0.05, 0) is 37.5 Å². The number of piperazine rings is 1. The van der Waals surface area contributed by atoms with Crippen molar-refractivity contribution in [1.29, 1.82) is 0 Å². The summed E-state index contributed by atoms with van der Waals surface area (Å²) in [6.07, 6.45) is 1.94. The third-order valence-corrected chi connectivity index (χ3v) is 7.38. The maximum absolute atomic E-state index is 12.9. The van der Waals surface area contributed by atoms with Crippen LogP contribution in [0.5, 0.6) is 0 Å². The molecule has 0 N–H and O–H groups in total. The zero-order valence-electron chi connectivity index (χ0n) is 15.1. The Labute approximate surface area is 160 Å². The van der Waals surface area contributed by atoms with Gasteiger partial charge < -0.3 is 9.80 Å². The number of benzene rings is 1. The fourth-order valence-electron chi connectivity index (χ4n) is 3.76. The molecule has 2 fully saturated rings. The second-order valence-corrected chi connectivity index (χ2v) is 9.35. The van der Waals surface area contributed by atoms with Gasteiger partial charge in [0, 0.05) is 43.4 Å². The van der Waals surface area contributed by atoms with E-state index in [1.165, 1.54) is 4.31 Å². The van der Waals surface area contributed by atoms with Crippen molar-refractivity contribution in [2.24, 2.45) is 0 Å². The van der Waals surface area contributed by atoms with E-state index < -0.39 is 16.1 Å². The quantitative estimate of drug-likeness (QED) is 0.761. The minimum atomic E-state index is -3.34. The van der Waals surface area contributed by atoms with Gasteiger partial charge >= 0.3 is 0 Å². The van der Waals surface area contributed by atoms with E-state index in [2.05, 4.69) is 4.90 Å². The van der Waals surface area contributed by atoms with Crippen molar-refractivity contribution in [2.75, 3.05) is 43.4 Å². The molecular weight excluding hydrogens is 374 g/mol. The summed E-state index contributed by atoms with van der Waals surface area (Å²) in [4.78, 5) is 17.0. The zero-order chi connectivity index (χ0) is 18.7. The molecule has 0 spiro atoms. The summed E-state index contributed by atoms with van der Waals surface area (Å²) in [6.45, 7) is 4.95. The Morgan fingerprint density at radius 1 is 1.19 bits per heavy atom. The maximum Gasteiger partial charge on any atom is 0.241 e. The van der Waals surface area contributed by atoms with Crippen LogP contribution in [0.2, 0.25) is 5.02 Å². The van der Waals surface area contributed by atoms with Crippen LogP contribution >= 0.6 is 11.6 Å². The normalized spacial score (nSPS) is 22.0. The number of nitrogens with zero attached hydrogens (tertiary/aromatic N) is 3. The van der Waals surface area contributed by atoms with Crippen LogP contribution < -0.4 is 4.90 Å². The molecule has 6 nitrogen and oxygen atoms in total. The lowest BCUT2D eigenvalue weighted by Crippen LogP contribution is -2.54. The lowest BCUT2D eigenvalue weighted by Gasteiger charge is -2.38. The van der Waals surface area contributed by atoms with Crippen LogP contribution in [-0.4, -0.2) is 68.0 Å². The molecule has 0 radical (unpaired) electrons. The first-order valence-electron chi connectivity index (χ1n) is 9.21. The van der Waals surface area contributed by atoms with Crippen LogP contribution in [0.25, 0.3) is 0 Å². The van der Waals surface area contributed by atoms with Crippen LogP contribution in [0.3, 0.4) is 0 Å². The number of rotatable bonds is 5. The van der Waals surface area contributed by atoms with E-state index in [9.17, 15) is 13.2 Å². The highest BCUT2D eigenvalue weighted by molar-refractivity contribution is 7.89. The molecule has 8 heteroatoms. The third kappa shape index (κ3) is 4.15. The van der Waals surface area contributed by atoms with Crippen molar-refractivity contribution < 1.29 is 13.2 Å². The van der Waals surface area contributed by atoms with Crippen LogP contribution in [-0.2, 0) is 14.8 Å². The van der Waals surface area contributed by atoms with Crippen molar-refractivity contribution in [2.45, 2.75) is 32.2 Å². The summed E-state index contributed by atoms with van der Waals surface area (Å²) in [7, 11) is -3.34. The number of anilines is 1. The van der Waals surface area contributed by atoms with Gasteiger partial charge in [-0.1, -0.05) is 24.6 Å². The van der Waals surface area contributed by atoms with Crippen LogP contribution in [0.4, 0.5) is 5.69 Å². The summed E-state index contributed by atoms with van der Waals surface area (Å²) < 4.78 is 26.3. The number of sulfonamides is 1. The van der Waals surface area contributed by atoms with Crippen molar-refractivity contribution >= 4 is 33.2 Å². The van der Waals surface area contributed by atoms with Gasteiger partial charge in [0.15, 0.2) is 0 Å². The molecule has 2 aliphatic rings. The molecule has 2 aliphatic heterocycles. The maximum atomic E-state index is 12.9. The van der Waals surface area contributed by atoms with Crippen molar-refractivity contribution in [1.82, 2.24) is 9.21 Å².